The van der Waals surface area contributed by atoms with E-state index >= 15 is 0 Å². The minimum absolute atomic E-state index is 0.0591. The van der Waals surface area contributed by atoms with E-state index < -0.39 is 6.04 Å². The summed E-state index contributed by atoms with van der Waals surface area (Å²) in [6.07, 6.45) is 5.54. The highest BCUT2D eigenvalue weighted by Gasteiger charge is 2.28. The van der Waals surface area contributed by atoms with Gasteiger partial charge in [-0.25, -0.2) is 0 Å². The number of thioether (sulfide) groups is 1. The van der Waals surface area contributed by atoms with Gasteiger partial charge in [-0.1, -0.05) is 55.1 Å². The summed E-state index contributed by atoms with van der Waals surface area (Å²) in [4.78, 5) is 28.0. The average Bonchev–Trinajstić information content (AvgIpc) is 2.83. The molecule has 1 aliphatic carbocycles. The number of hydrogen-bond acceptors (Lipinski definition) is 4. The molecule has 2 amide bonds. The van der Waals surface area contributed by atoms with Gasteiger partial charge >= 0.3 is 0 Å². The number of hydrogen-bond donors (Lipinski definition) is 1. The Morgan fingerprint density at radius 2 is 1.85 bits per heavy atom. The Hall–Kier alpha value is -2.18. The first-order valence-corrected chi connectivity index (χ1v) is 13.0. The van der Waals surface area contributed by atoms with Gasteiger partial charge in [0.2, 0.25) is 11.8 Å². The lowest BCUT2D eigenvalue weighted by Gasteiger charge is -2.31. The molecule has 3 rings (SSSR count). The molecule has 2 aromatic rings. The first-order chi connectivity index (χ1) is 16.0. The van der Waals surface area contributed by atoms with Gasteiger partial charge in [-0.3, -0.25) is 9.59 Å². The van der Waals surface area contributed by atoms with Crippen LogP contribution in [-0.2, 0) is 21.9 Å². The zero-order valence-corrected chi connectivity index (χ0v) is 21.0. The molecule has 2 aromatic carbocycles. The van der Waals surface area contributed by atoms with Crippen molar-refractivity contribution in [3.05, 3.63) is 64.7 Å². The summed E-state index contributed by atoms with van der Waals surface area (Å²) in [7, 11) is 1.62. The summed E-state index contributed by atoms with van der Waals surface area (Å²) in [6.45, 7) is 2.17. The van der Waals surface area contributed by atoms with Crippen molar-refractivity contribution in [2.24, 2.45) is 0 Å². The molecule has 7 heteroatoms. The third-order valence-corrected chi connectivity index (χ3v) is 7.21. The zero-order chi connectivity index (χ0) is 23.6. The van der Waals surface area contributed by atoms with E-state index in [1.54, 1.807) is 12.0 Å². The van der Waals surface area contributed by atoms with E-state index in [1.165, 1.54) is 18.2 Å². The number of methoxy groups -OCH3 is 1. The molecule has 5 nitrogen and oxygen atoms in total. The topological polar surface area (TPSA) is 58.6 Å². The Bertz CT molecular complexity index is 933. The van der Waals surface area contributed by atoms with E-state index in [2.05, 4.69) is 5.32 Å². The molecule has 0 heterocycles. The zero-order valence-electron chi connectivity index (χ0n) is 19.4. The van der Waals surface area contributed by atoms with Crippen LogP contribution >= 0.6 is 23.4 Å². The normalized spacial score (nSPS) is 15.0. The number of amides is 2. The van der Waals surface area contributed by atoms with Gasteiger partial charge in [-0.05, 0) is 55.2 Å². The van der Waals surface area contributed by atoms with Crippen molar-refractivity contribution in [3.8, 4) is 5.75 Å². The first-order valence-electron chi connectivity index (χ1n) is 11.5. The van der Waals surface area contributed by atoms with E-state index in [0.717, 1.165) is 42.6 Å². The number of nitrogens with zero attached hydrogens (tertiary/aromatic N) is 1. The Morgan fingerprint density at radius 1 is 1.12 bits per heavy atom. The molecule has 33 heavy (non-hydrogen) atoms. The van der Waals surface area contributed by atoms with Gasteiger partial charge in [0.25, 0.3) is 0 Å². The second-order valence-corrected chi connectivity index (χ2v) is 9.94. The van der Waals surface area contributed by atoms with Crippen LogP contribution in [0.2, 0.25) is 5.02 Å². The van der Waals surface area contributed by atoms with Gasteiger partial charge in [0.05, 0.1) is 12.9 Å². The van der Waals surface area contributed by atoms with Crippen LogP contribution in [-0.4, -0.2) is 41.7 Å². The number of nitrogens with one attached hydrogen (secondary N) is 1. The third kappa shape index (κ3) is 7.97. The number of rotatable bonds is 10. The number of carbonyl (C=O) groups is 2. The lowest BCUT2D eigenvalue weighted by Crippen LogP contribution is -2.50. The Kier molecular flexibility index (Phi) is 9.95. The van der Waals surface area contributed by atoms with Crippen molar-refractivity contribution < 1.29 is 14.3 Å². The number of halogens is 1. The summed E-state index contributed by atoms with van der Waals surface area (Å²) in [6, 6.07) is 14.9. The monoisotopic (exact) mass is 488 g/mol. The standard InChI is InChI=1S/C26H33ClN2O3S/c1-19(26(31)28-23-11-4-3-5-12-23)29(16-20-8-7-13-24(15-20)32-2)25(30)18-33-17-21-9-6-10-22(27)14-21/h6-10,13-15,19,23H,3-5,11-12,16-18H2,1-2H3,(H,28,31). The number of ether oxygens (including phenoxy) is 1. The lowest BCUT2D eigenvalue weighted by atomic mass is 9.95. The van der Waals surface area contributed by atoms with Crippen LogP contribution in [0, 0.1) is 0 Å². The Morgan fingerprint density at radius 3 is 2.58 bits per heavy atom. The Balaban J connectivity index is 1.67. The maximum atomic E-state index is 13.3. The molecule has 1 aliphatic rings. The quantitative estimate of drug-likeness (QED) is 0.483. The predicted molar refractivity (Wildman–Crippen MR) is 136 cm³/mol. The summed E-state index contributed by atoms with van der Waals surface area (Å²) in [5.41, 5.74) is 2.00. The molecule has 1 atom stereocenters. The molecule has 0 saturated heterocycles. The van der Waals surface area contributed by atoms with Crippen LogP contribution in [0.1, 0.15) is 50.2 Å². The number of carbonyl (C=O) groups excluding carboxylic acids is 2. The van der Waals surface area contributed by atoms with Gasteiger partial charge in [-0.15, -0.1) is 11.8 Å². The maximum absolute atomic E-state index is 13.3. The van der Waals surface area contributed by atoms with E-state index in [1.807, 2.05) is 55.5 Å². The van der Waals surface area contributed by atoms with Crippen molar-refractivity contribution in [2.75, 3.05) is 12.9 Å². The molecular formula is C26H33ClN2O3S. The van der Waals surface area contributed by atoms with Crippen LogP contribution < -0.4 is 10.1 Å². The first kappa shape index (κ1) is 25.4. The summed E-state index contributed by atoms with van der Waals surface area (Å²) in [5.74, 6) is 1.56. The molecular weight excluding hydrogens is 456 g/mol. The maximum Gasteiger partial charge on any atom is 0.242 e. The van der Waals surface area contributed by atoms with Crippen LogP contribution in [0.4, 0.5) is 0 Å². The largest absolute Gasteiger partial charge is 0.497 e. The van der Waals surface area contributed by atoms with Crippen molar-refractivity contribution in [3.63, 3.8) is 0 Å². The molecule has 0 spiro atoms. The number of benzene rings is 2. The predicted octanol–water partition coefficient (Wildman–Crippen LogP) is 5.45. The molecule has 0 radical (unpaired) electrons. The average molecular weight is 489 g/mol. The minimum Gasteiger partial charge on any atom is -0.497 e. The molecule has 1 saturated carbocycles. The Labute approximate surface area is 206 Å². The van der Waals surface area contributed by atoms with Crippen molar-refractivity contribution in [1.29, 1.82) is 0 Å². The summed E-state index contributed by atoms with van der Waals surface area (Å²) >= 11 is 7.60. The molecule has 178 valence electrons. The van der Waals surface area contributed by atoms with Crippen LogP contribution in [0.15, 0.2) is 48.5 Å². The molecule has 0 aliphatic heterocycles. The van der Waals surface area contributed by atoms with E-state index in [9.17, 15) is 9.59 Å². The second-order valence-electron chi connectivity index (χ2n) is 8.52. The molecule has 1 N–H and O–H groups in total. The van der Waals surface area contributed by atoms with Gasteiger partial charge in [0.1, 0.15) is 11.8 Å². The highest BCUT2D eigenvalue weighted by molar-refractivity contribution is 7.99. The van der Waals surface area contributed by atoms with E-state index in [-0.39, 0.29) is 23.6 Å². The smallest absolute Gasteiger partial charge is 0.242 e. The summed E-state index contributed by atoms with van der Waals surface area (Å²) in [5, 5.41) is 3.86. The van der Waals surface area contributed by atoms with Crippen LogP contribution in [0.5, 0.6) is 5.75 Å². The van der Waals surface area contributed by atoms with Crippen molar-refractivity contribution >= 4 is 35.2 Å². The molecule has 1 unspecified atom stereocenters. The highest BCUT2D eigenvalue weighted by atomic mass is 35.5. The second kappa shape index (κ2) is 12.9. The SMILES string of the molecule is COc1cccc(CN(C(=O)CSCc2cccc(Cl)c2)C(C)C(=O)NC2CCCCC2)c1. The van der Waals surface area contributed by atoms with Crippen molar-refractivity contribution in [1.82, 2.24) is 10.2 Å². The van der Waals surface area contributed by atoms with E-state index in [4.69, 9.17) is 16.3 Å². The fourth-order valence-electron chi connectivity index (χ4n) is 4.08. The lowest BCUT2D eigenvalue weighted by molar-refractivity contribution is -0.139. The van der Waals surface area contributed by atoms with Gasteiger partial charge in [0, 0.05) is 23.4 Å². The van der Waals surface area contributed by atoms with Crippen LogP contribution in [0.25, 0.3) is 0 Å². The minimum atomic E-state index is -0.558. The van der Waals surface area contributed by atoms with Gasteiger partial charge in [-0.2, -0.15) is 0 Å². The van der Waals surface area contributed by atoms with Gasteiger partial charge < -0.3 is 15.0 Å². The summed E-state index contributed by atoms with van der Waals surface area (Å²) < 4.78 is 5.33. The van der Waals surface area contributed by atoms with Gasteiger partial charge in [0.15, 0.2) is 0 Å². The van der Waals surface area contributed by atoms with Crippen LogP contribution in [0.3, 0.4) is 0 Å². The molecule has 1 fully saturated rings. The molecule has 0 aromatic heterocycles. The van der Waals surface area contributed by atoms with Crippen molar-refractivity contribution in [2.45, 2.75) is 63.4 Å². The fraction of sp³-hybridized carbons (Fsp3) is 0.462. The highest BCUT2D eigenvalue weighted by Crippen LogP contribution is 2.21. The molecule has 0 bridgehead atoms. The van der Waals surface area contributed by atoms with E-state index in [0.29, 0.717) is 17.3 Å². The fourth-order valence-corrected chi connectivity index (χ4v) is 5.16. The third-order valence-electron chi connectivity index (χ3n) is 5.99.